The van der Waals surface area contributed by atoms with Crippen LogP contribution in [0.2, 0.25) is 0 Å². The Balaban J connectivity index is 1.77. The van der Waals surface area contributed by atoms with E-state index in [4.69, 9.17) is 0 Å². The van der Waals surface area contributed by atoms with Crippen LogP contribution in [-0.4, -0.2) is 0 Å². The van der Waals surface area contributed by atoms with Gasteiger partial charge in [0.05, 0.1) is 0 Å². The third-order valence-corrected chi connectivity index (χ3v) is 4.17. The Morgan fingerprint density at radius 1 is 0.917 bits per heavy atom. The van der Waals surface area contributed by atoms with Gasteiger partial charge in [0, 0.05) is 0 Å². The van der Waals surface area contributed by atoms with E-state index in [0.717, 1.165) is 23.7 Å². The maximum absolute atomic E-state index is 2.47. The Morgan fingerprint density at radius 2 is 1.58 bits per heavy atom. The summed E-state index contributed by atoms with van der Waals surface area (Å²) in [6.07, 6.45) is 9.13. The molecule has 0 spiro atoms. The maximum Gasteiger partial charge on any atom is -0.0383 e. The van der Waals surface area contributed by atoms with Gasteiger partial charge in [0.2, 0.25) is 0 Å². The van der Waals surface area contributed by atoms with Crippen molar-refractivity contribution in [2.24, 2.45) is 23.7 Å². The Morgan fingerprint density at radius 3 is 2.17 bits per heavy atom. The average Bonchev–Trinajstić information content (AvgIpc) is 2.72. The highest BCUT2D eigenvalue weighted by atomic mass is 14.4. The first-order chi connectivity index (χ1) is 5.77. The van der Waals surface area contributed by atoms with E-state index in [-0.39, 0.29) is 0 Å². The predicted octanol–water partition coefficient (Wildman–Crippen LogP) is 3.86. The van der Waals surface area contributed by atoms with Gasteiger partial charge < -0.3 is 0 Å². The molecule has 0 saturated heterocycles. The fourth-order valence-corrected chi connectivity index (χ4v) is 2.86. The van der Waals surface area contributed by atoms with Crippen LogP contribution >= 0.6 is 0 Å². The fraction of sp³-hybridized carbons (Fsp3) is 1.00. The third-order valence-electron chi connectivity index (χ3n) is 4.17. The van der Waals surface area contributed by atoms with Gasteiger partial charge in [-0.25, -0.2) is 0 Å². The molecule has 0 aliphatic heterocycles. The first-order valence-electron chi connectivity index (χ1n) is 5.77. The molecule has 0 N–H and O–H groups in total. The lowest BCUT2D eigenvalue weighted by atomic mass is 9.77. The van der Waals surface area contributed by atoms with E-state index < -0.39 is 0 Å². The van der Waals surface area contributed by atoms with E-state index in [1.807, 2.05) is 0 Å². The van der Waals surface area contributed by atoms with Gasteiger partial charge in [-0.15, -0.1) is 0 Å². The molecule has 2 saturated carbocycles. The van der Waals surface area contributed by atoms with Gasteiger partial charge in [-0.05, 0) is 36.5 Å². The Hall–Kier alpha value is 0. The third kappa shape index (κ3) is 1.84. The molecule has 0 heterocycles. The molecule has 2 rings (SSSR count). The smallest absolute Gasteiger partial charge is 0.0383 e. The number of hydrogen-bond donors (Lipinski definition) is 0. The molecule has 0 aromatic carbocycles. The van der Waals surface area contributed by atoms with Crippen molar-refractivity contribution in [1.82, 2.24) is 0 Å². The average molecular weight is 166 g/mol. The van der Waals surface area contributed by atoms with Crippen LogP contribution in [-0.2, 0) is 0 Å². The molecule has 2 aliphatic rings. The van der Waals surface area contributed by atoms with E-state index in [1.165, 1.54) is 32.1 Å². The fourth-order valence-electron chi connectivity index (χ4n) is 2.86. The summed E-state index contributed by atoms with van der Waals surface area (Å²) < 4.78 is 0. The molecule has 0 bridgehead atoms. The SMILES string of the molecule is CC1CCCCC1CC1CC1C. The van der Waals surface area contributed by atoms with Gasteiger partial charge in [-0.1, -0.05) is 39.5 Å². The minimum Gasteiger partial charge on any atom is -0.0622 e. The maximum atomic E-state index is 2.47. The van der Waals surface area contributed by atoms with Crippen molar-refractivity contribution in [1.29, 1.82) is 0 Å². The minimum absolute atomic E-state index is 1.03. The van der Waals surface area contributed by atoms with Gasteiger partial charge in [0.25, 0.3) is 0 Å². The molecule has 0 amide bonds. The van der Waals surface area contributed by atoms with Crippen LogP contribution in [0.25, 0.3) is 0 Å². The highest BCUT2D eigenvalue weighted by Gasteiger charge is 2.36. The zero-order valence-corrected chi connectivity index (χ0v) is 8.55. The van der Waals surface area contributed by atoms with Crippen molar-refractivity contribution < 1.29 is 0 Å². The van der Waals surface area contributed by atoms with Gasteiger partial charge in [-0.2, -0.15) is 0 Å². The number of hydrogen-bond acceptors (Lipinski definition) is 0. The highest BCUT2D eigenvalue weighted by molar-refractivity contribution is 4.86. The molecular weight excluding hydrogens is 144 g/mol. The van der Waals surface area contributed by atoms with Crippen molar-refractivity contribution in [3.8, 4) is 0 Å². The summed E-state index contributed by atoms with van der Waals surface area (Å²) in [5, 5.41) is 0. The van der Waals surface area contributed by atoms with Crippen molar-refractivity contribution in [2.75, 3.05) is 0 Å². The molecule has 12 heavy (non-hydrogen) atoms. The van der Waals surface area contributed by atoms with Crippen LogP contribution in [0.1, 0.15) is 52.4 Å². The van der Waals surface area contributed by atoms with Crippen molar-refractivity contribution >= 4 is 0 Å². The Bertz CT molecular complexity index is 150. The van der Waals surface area contributed by atoms with Gasteiger partial charge in [-0.3, -0.25) is 0 Å². The van der Waals surface area contributed by atoms with Crippen molar-refractivity contribution in [3.63, 3.8) is 0 Å². The first kappa shape index (κ1) is 8.59. The van der Waals surface area contributed by atoms with Crippen LogP contribution in [0, 0.1) is 23.7 Å². The molecule has 0 radical (unpaired) electrons. The van der Waals surface area contributed by atoms with Crippen LogP contribution in [0.4, 0.5) is 0 Å². The monoisotopic (exact) mass is 166 g/mol. The molecule has 4 unspecified atom stereocenters. The zero-order chi connectivity index (χ0) is 8.55. The van der Waals surface area contributed by atoms with E-state index in [0.29, 0.717) is 0 Å². The summed E-state index contributed by atoms with van der Waals surface area (Å²) in [5.74, 6) is 4.31. The molecule has 2 aliphatic carbocycles. The molecule has 0 aromatic heterocycles. The van der Waals surface area contributed by atoms with E-state index in [9.17, 15) is 0 Å². The molecule has 0 nitrogen and oxygen atoms in total. The summed E-state index contributed by atoms with van der Waals surface area (Å²) in [6.45, 7) is 4.88. The van der Waals surface area contributed by atoms with Gasteiger partial charge in [0.15, 0.2) is 0 Å². The standard InChI is InChI=1S/C12H22/c1-9-5-3-4-6-11(9)8-12-7-10(12)2/h9-12H,3-8H2,1-2H3. The lowest BCUT2D eigenvalue weighted by molar-refractivity contribution is 0.230. The normalized spacial score (nSPS) is 47.5. The van der Waals surface area contributed by atoms with Crippen molar-refractivity contribution in [2.45, 2.75) is 52.4 Å². The van der Waals surface area contributed by atoms with Gasteiger partial charge >= 0.3 is 0 Å². The largest absolute Gasteiger partial charge is 0.0622 e. The zero-order valence-electron chi connectivity index (χ0n) is 8.55. The molecule has 0 aromatic rings. The molecule has 0 heteroatoms. The lowest BCUT2D eigenvalue weighted by Gasteiger charge is -2.28. The van der Waals surface area contributed by atoms with Crippen LogP contribution in [0.5, 0.6) is 0 Å². The molecule has 70 valence electrons. The summed E-state index contributed by atoms with van der Waals surface area (Å²) in [4.78, 5) is 0. The van der Waals surface area contributed by atoms with Crippen LogP contribution < -0.4 is 0 Å². The Kier molecular flexibility index (Phi) is 2.43. The quantitative estimate of drug-likeness (QED) is 0.584. The van der Waals surface area contributed by atoms with Gasteiger partial charge in [0.1, 0.15) is 0 Å². The van der Waals surface area contributed by atoms with E-state index in [2.05, 4.69) is 13.8 Å². The summed E-state index contributed by atoms with van der Waals surface area (Å²) in [7, 11) is 0. The van der Waals surface area contributed by atoms with E-state index in [1.54, 1.807) is 6.42 Å². The van der Waals surface area contributed by atoms with E-state index >= 15 is 0 Å². The lowest BCUT2D eigenvalue weighted by Crippen LogP contribution is -2.17. The van der Waals surface area contributed by atoms with Crippen molar-refractivity contribution in [3.05, 3.63) is 0 Å². The molecule has 4 atom stereocenters. The van der Waals surface area contributed by atoms with Crippen LogP contribution in [0.3, 0.4) is 0 Å². The molecule has 2 fully saturated rings. The highest BCUT2D eigenvalue weighted by Crippen LogP contribution is 2.46. The molecular formula is C12H22. The predicted molar refractivity (Wildman–Crippen MR) is 53.0 cm³/mol. The summed E-state index contributed by atoms with van der Waals surface area (Å²) in [6, 6.07) is 0. The minimum atomic E-state index is 1.03. The number of rotatable bonds is 2. The summed E-state index contributed by atoms with van der Waals surface area (Å²) >= 11 is 0. The van der Waals surface area contributed by atoms with Crippen LogP contribution in [0.15, 0.2) is 0 Å². The topological polar surface area (TPSA) is 0 Å². The second kappa shape index (κ2) is 3.40. The second-order valence-corrected chi connectivity index (χ2v) is 5.23. The Labute approximate surface area is 76.7 Å². The second-order valence-electron chi connectivity index (χ2n) is 5.23. The summed E-state index contributed by atoms with van der Waals surface area (Å²) in [5.41, 5.74) is 0. The first-order valence-corrected chi connectivity index (χ1v) is 5.77.